The van der Waals surface area contributed by atoms with Crippen molar-refractivity contribution in [3.05, 3.63) is 77.0 Å². The lowest BCUT2D eigenvalue weighted by molar-refractivity contribution is 0.0619. The average Bonchev–Trinajstić information content (AvgIpc) is 3.16. The first-order valence-electron chi connectivity index (χ1n) is 9.35. The fraction of sp³-hybridized carbons (Fsp3) is 0.364. The van der Waals surface area contributed by atoms with E-state index in [1.807, 2.05) is 12.1 Å². The van der Waals surface area contributed by atoms with Crippen LogP contribution in [0.5, 0.6) is 0 Å². The molecule has 1 fully saturated rings. The van der Waals surface area contributed by atoms with E-state index in [-0.39, 0.29) is 12.2 Å². The van der Waals surface area contributed by atoms with Crippen molar-refractivity contribution in [2.45, 2.75) is 32.1 Å². The monoisotopic (exact) mass is 345 g/mol. The van der Waals surface area contributed by atoms with Crippen molar-refractivity contribution in [3.8, 4) is 0 Å². The van der Waals surface area contributed by atoms with Crippen molar-refractivity contribution in [2.75, 3.05) is 7.05 Å². The van der Waals surface area contributed by atoms with Gasteiger partial charge in [0.1, 0.15) is 0 Å². The van der Waals surface area contributed by atoms with Gasteiger partial charge >= 0.3 is 0 Å². The fourth-order valence-corrected chi connectivity index (χ4v) is 4.47. The molecule has 0 aromatic heterocycles. The lowest BCUT2D eigenvalue weighted by atomic mass is 9.61. The molecule has 4 nitrogen and oxygen atoms in total. The number of ether oxygens (including phenoxy) is 1. The number of rotatable bonds is 4. The van der Waals surface area contributed by atoms with Crippen molar-refractivity contribution >= 4 is 5.57 Å². The van der Waals surface area contributed by atoms with Gasteiger partial charge in [0.25, 0.3) is 0 Å². The van der Waals surface area contributed by atoms with E-state index in [0.717, 1.165) is 5.70 Å². The highest BCUT2D eigenvalue weighted by Gasteiger charge is 2.61. The maximum absolute atomic E-state index is 6.41. The fourth-order valence-electron chi connectivity index (χ4n) is 4.47. The first kappa shape index (κ1) is 15.8. The van der Waals surface area contributed by atoms with Gasteiger partial charge in [-0.3, -0.25) is 5.01 Å². The molecule has 2 aromatic rings. The van der Waals surface area contributed by atoms with Crippen LogP contribution in [0.2, 0.25) is 0 Å². The largest absolute Gasteiger partial charge is 0.364 e. The van der Waals surface area contributed by atoms with Crippen LogP contribution in [-0.4, -0.2) is 18.1 Å². The number of hydrogen-bond acceptors (Lipinski definition) is 3. The van der Waals surface area contributed by atoms with E-state index in [1.165, 1.54) is 22.3 Å². The van der Waals surface area contributed by atoms with Crippen molar-refractivity contribution in [3.63, 3.8) is 0 Å². The van der Waals surface area contributed by atoms with Gasteiger partial charge in [0.15, 0.2) is 0 Å². The zero-order chi connectivity index (χ0) is 17.8. The van der Waals surface area contributed by atoms with Gasteiger partial charge < -0.3 is 4.74 Å². The standard InChI is InChI=1S/C22H23N3O/c1-13(2)25(3)24-23-20-17(14-9-5-4-6-10-14)18-19(20)22-16-12-8-7-11-15(16)21(18)26-22/h4-13,18-19,21-22H,1-3H3/t18?,19?,21-,22?/m1/s1. The molecule has 4 heteroatoms. The predicted molar refractivity (Wildman–Crippen MR) is 101 cm³/mol. The summed E-state index contributed by atoms with van der Waals surface area (Å²) in [5, 5.41) is 11.1. The van der Waals surface area contributed by atoms with Crippen LogP contribution >= 0.6 is 0 Å². The van der Waals surface area contributed by atoms with Gasteiger partial charge in [0, 0.05) is 24.9 Å². The Kier molecular flexibility index (Phi) is 3.50. The third-order valence-corrected chi connectivity index (χ3v) is 5.99. The van der Waals surface area contributed by atoms with Crippen LogP contribution in [0, 0.1) is 11.8 Å². The smallest absolute Gasteiger partial charge is 0.0928 e. The van der Waals surface area contributed by atoms with E-state index >= 15 is 0 Å². The van der Waals surface area contributed by atoms with Crippen molar-refractivity contribution in [1.29, 1.82) is 0 Å². The molecule has 2 aromatic carbocycles. The summed E-state index contributed by atoms with van der Waals surface area (Å²) in [6, 6.07) is 19.5. The van der Waals surface area contributed by atoms with Crippen LogP contribution in [0.1, 0.15) is 42.7 Å². The average molecular weight is 345 g/mol. The second-order valence-electron chi connectivity index (χ2n) is 7.68. The molecule has 1 aliphatic carbocycles. The van der Waals surface area contributed by atoms with Crippen molar-refractivity contribution in [2.24, 2.45) is 22.2 Å². The predicted octanol–water partition coefficient (Wildman–Crippen LogP) is 5.18. The zero-order valence-electron chi connectivity index (χ0n) is 15.3. The van der Waals surface area contributed by atoms with Crippen LogP contribution < -0.4 is 0 Å². The van der Waals surface area contributed by atoms with E-state index < -0.39 is 0 Å². The lowest BCUT2D eigenvalue weighted by Gasteiger charge is -2.41. The highest BCUT2D eigenvalue weighted by molar-refractivity contribution is 5.79. The summed E-state index contributed by atoms with van der Waals surface area (Å²) in [5.41, 5.74) is 6.32. The first-order valence-corrected chi connectivity index (χ1v) is 9.35. The molecule has 0 radical (unpaired) electrons. The number of fused-ring (bicyclic) bond motifs is 8. The second-order valence-corrected chi connectivity index (χ2v) is 7.68. The highest BCUT2D eigenvalue weighted by Crippen LogP contribution is 2.69. The van der Waals surface area contributed by atoms with E-state index in [2.05, 4.69) is 73.7 Å². The molecule has 3 unspecified atom stereocenters. The van der Waals surface area contributed by atoms with Gasteiger partial charge in [0.2, 0.25) is 0 Å². The summed E-state index contributed by atoms with van der Waals surface area (Å²) in [6.07, 6.45) is 0.269. The van der Waals surface area contributed by atoms with E-state index in [1.54, 1.807) is 0 Å². The molecule has 0 N–H and O–H groups in total. The maximum Gasteiger partial charge on any atom is 0.0928 e. The van der Waals surface area contributed by atoms with E-state index in [4.69, 9.17) is 9.85 Å². The maximum atomic E-state index is 6.41. The summed E-state index contributed by atoms with van der Waals surface area (Å²) in [5.74, 6) is 0.699. The van der Waals surface area contributed by atoms with E-state index in [0.29, 0.717) is 17.9 Å². The van der Waals surface area contributed by atoms with Crippen LogP contribution in [0.25, 0.3) is 5.57 Å². The molecular weight excluding hydrogens is 322 g/mol. The molecule has 26 heavy (non-hydrogen) atoms. The summed E-state index contributed by atoms with van der Waals surface area (Å²) in [7, 11) is 1.97. The minimum atomic E-state index is 0.118. The Hall–Kier alpha value is -2.46. The van der Waals surface area contributed by atoms with Crippen molar-refractivity contribution in [1.82, 2.24) is 5.01 Å². The Labute approximate surface area is 154 Å². The third-order valence-electron chi connectivity index (χ3n) is 5.99. The highest BCUT2D eigenvalue weighted by atomic mass is 16.5. The first-order chi connectivity index (χ1) is 12.7. The quantitative estimate of drug-likeness (QED) is 0.566. The molecule has 4 atom stereocenters. The van der Waals surface area contributed by atoms with Gasteiger partial charge in [-0.1, -0.05) is 59.8 Å². The van der Waals surface area contributed by atoms with Gasteiger partial charge in [-0.15, -0.1) is 5.11 Å². The minimum Gasteiger partial charge on any atom is -0.364 e. The SMILES string of the molecule is CC(C)N(C)N=NC1=C(c2ccccc2)C2C1C1O[C@@H]2c2ccccc21. The summed E-state index contributed by atoms with van der Waals surface area (Å²) in [4.78, 5) is 0. The number of hydrogen-bond donors (Lipinski definition) is 0. The van der Waals surface area contributed by atoms with Gasteiger partial charge in [-0.05, 0) is 36.1 Å². The number of benzene rings is 2. The Balaban J connectivity index is 1.58. The molecule has 0 amide bonds. The van der Waals surface area contributed by atoms with Gasteiger partial charge in [-0.2, -0.15) is 0 Å². The van der Waals surface area contributed by atoms with Crippen LogP contribution in [0.3, 0.4) is 0 Å². The molecule has 1 saturated heterocycles. The van der Waals surface area contributed by atoms with Gasteiger partial charge in [0.05, 0.1) is 17.9 Å². The number of nitrogens with zero attached hydrogens (tertiary/aromatic N) is 3. The third kappa shape index (κ3) is 2.12. The molecule has 5 rings (SSSR count). The Morgan fingerprint density at radius 1 is 0.885 bits per heavy atom. The topological polar surface area (TPSA) is 37.2 Å². The Morgan fingerprint density at radius 3 is 2.15 bits per heavy atom. The molecule has 132 valence electrons. The summed E-state index contributed by atoms with van der Waals surface area (Å²) < 4.78 is 6.41. The van der Waals surface area contributed by atoms with Gasteiger partial charge in [-0.25, -0.2) is 0 Å². The Morgan fingerprint density at radius 2 is 1.50 bits per heavy atom. The van der Waals surface area contributed by atoms with Crippen LogP contribution in [0.15, 0.2) is 70.6 Å². The molecule has 2 aliphatic heterocycles. The molecule has 0 saturated carbocycles. The molecule has 2 bridgehead atoms. The summed E-state index contributed by atoms with van der Waals surface area (Å²) >= 11 is 0. The Bertz CT molecular complexity index is 903. The van der Waals surface area contributed by atoms with Crippen LogP contribution in [-0.2, 0) is 4.74 Å². The molecule has 2 heterocycles. The van der Waals surface area contributed by atoms with E-state index in [9.17, 15) is 0 Å². The minimum absolute atomic E-state index is 0.118. The summed E-state index contributed by atoms with van der Waals surface area (Å²) in [6.45, 7) is 4.23. The van der Waals surface area contributed by atoms with Crippen LogP contribution in [0.4, 0.5) is 0 Å². The van der Waals surface area contributed by atoms with Crippen molar-refractivity contribution < 1.29 is 4.74 Å². The lowest BCUT2D eigenvalue weighted by Crippen LogP contribution is -2.33. The normalized spacial score (nSPS) is 28.5. The molecule has 3 aliphatic rings. The molecular formula is C22H23N3O. The zero-order valence-corrected chi connectivity index (χ0v) is 15.3. The molecule has 0 spiro atoms. The second kappa shape index (κ2) is 5.78.